The normalized spacial score (nSPS) is 22.4. The van der Waals surface area contributed by atoms with Gasteiger partial charge in [0.15, 0.2) is 0 Å². The summed E-state index contributed by atoms with van der Waals surface area (Å²) in [5.41, 5.74) is 1.19. The minimum atomic E-state index is 0.0144. The van der Waals surface area contributed by atoms with Gasteiger partial charge in [0.25, 0.3) is 0 Å². The van der Waals surface area contributed by atoms with E-state index in [2.05, 4.69) is 34.3 Å². The molecule has 2 atom stereocenters. The van der Waals surface area contributed by atoms with Gasteiger partial charge in [0.05, 0.1) is 18.3 Å². The molecular weight excluding hydrogens is 364 g/mol. The average Bonchev–Trinajstić information content (AvgIpc) is 3.30. The lowest BCUT2D eigenvalue weighted by molar-refractivity contribution is 0.103. The third kappa shape index (κ3) is 4.82. The lowest BCUT2D eigenvalue weighted by Crippen LogP contribution is -2.53. The van der Waals surface area contributed by atoms with Crippen molar-refractivity contribution in [2.24, 2.45) is 0 Å². The fourth-order valence-corrected chi connectivity index (χ4v) is 4.53. The number of hydrogen-bond acceptors (Lipinski definition) is 4. The van der Waals surface area contributed by atoms with Crippen LogP contribution in [0.5, 0.6) is 0 Å². The molecule has 156 valence electrons. The Morgan fingerprint density at radius 1 is 1.07 bits per heavy atom. The van der Waals surface area contributed by atoms with Crippen LogP contribution in [0.3, 0.4) is 0 Å². The number of hydrogen-bond donors (Lipinski definition) is 1. The van der Waals surface area contributed by atoms with Crippen molar-refractivity contribution in [1.82, 2.24) is 20.0 Å². The summed E-state index contributed by atoms with van der Waals surface area (Å²) in [5.74, 6) is 0.935. The van der Waals surface area contributed by atoms with Crippen LogP contribution in [0.15, 0.2) is 53.1 Å². The molecule has 2 aromatic rings. The molecule has 2 amide bonds. The molecule has 0 spiro atoms. The Morgan fingerprint density at radius 3 is 2.59 bits per heavy atom. The first-order valence-electron chi connectivity index (χ1n) is 10.8. The van der Waals surface area contributed by atoms with Crippen molar-refractivity contribution >= 4 is 6.03 Å². The third-order valence-corrected chi connectivity index (χ3v) is 6.18. The molecule has 0 saturated carbocycles. The molecule has 2 unspecified atom stereocenters. The molecule has 2 fully saturated rings. The molecule has 2 saturated heterocycles. The van der Waals surface area contributed by atoms with E-state index >= 15 is 0 Å². The van der Waals surface area contributed by atoms with Crippen LogP contribution in [0.25, 0.3) is 0 Å². The lowest BCUT2D eigenvalue weighted by atomic mass is 10.0. The molecule has 2 aliphatic rings. The highest BCUT2D eigenvalue weighted by Crippen LogP contribution is 2.27. The largest absolute Gasteiger partial charge is 0.468 e. The molecule has 1 aromatic heterocycles. The number of amides is 2. The number of likely N-dealkylation sites (N-methyl/N-ethyl adjacent to an activating group) is 1. The molecule has 0 radical (unpaired) electrons. The van der Waals surface area contributed by atoms with E-state index in [4.69, 9.17) is 4.42 Å². The molecule has 0 aliphatic carbocycles. The van der Waals surface area contributed by atoms with Gasteiger partial charge in [-0.15, -0.1) is 0 Å². The minimum Gasteiger partial charge on any atom is -0.468 e. The summed E-state index contributed by atoms with van der Waals surface area (Å²) in [5, 5.41) is 3.22. The van der Waals surface area contributed by atoms with Crippen molar-refractivity contribution < 1.29 is 9.21 Å². The first-order chi connectivity index (χ1) is 14.2. The van der Waals surface area contributed by atoms with Crippen molar-refractivity contribution in [3.05, 3.63) is 60.1 Å². The van der Waals surface area contributed by atoms with Crippen LogP contribution in [0.4, 0.5) is 4.79 Å². The number of furan rings is 1. The van der Waals surface area contributed by atoms with Crippen LogP contribution in [-0.2, 0) is 0 Å². The summed E-state index contributed by atoms with van der Waals surface area (Å²) < 4.78 is 5.72. The Balaban J connectivity index is 1.45. The zero-order valence-electron chi connectivity index (χ0n) is 17.3. The van der Waals surface area contributed by atoms with E-state index in [9.17, 15) is 4.79 Å². The number of piperazine rings is 1. The zero-order chi connectivity index (χ0) is 20.1. The van der Waals surface area contributed by atoms with Crippen LogP contribution in [-0.4, -0.2) is 67.0 Å². The molecule has 0 bridgehead atoms. The van der Waals surface area contributed by atoms with E-state index in [0.717, 1.165) is 38.5 Å². The molecule has 1 N–H and O–H groups in total. The number of urea groups is 1. The molecule has 3 heterocycles. The van der Waals surface area contributed by atoms with Crippen LogP contribution < -0.4 is 5.32 Å². The molecule has 6 nitrogen and oxygen atoms in total. The maximum Gasteiger partial charge on any atom is 0.318 e. The maximum atomic E-state index is 13.2. The Bertz CT molecular complexity index is 758. The second-order valence-corrected chi connectivity index (χ2v) is 8.20. The molecular formula is C23H32N4O2. The summed E-state index contributed by atoms with van der Waals surface area (Å²) >= 11 is 0. The highest BCUT2D eigenvalue weighted by molar-refractivity contribution is 5.75. The number of nitrogens with one attached hydrogen (secondary N) is 1. The van der Waals surface area contributed by atoms with Gasteiger partial charge in [0.2, 0.25) is 0 Å². The lowest BCUT2D eigenvalue weighted by Gasteiger charge is -2.41. The maximum absolute atomic E-state index is 13.2. The molecule has 29 heavy (non-hydrogen) atoms. The quantitative estimate of drug-likeness (QED) is 0.840. The Kier molecular flexibility index (Phi) is 6.52. The zero-order valence-corrected chi connectivity index (χ0v) is 17.3. The van der Waals surface area contributed by atoms with E-state index in [0.29, 0.717) is 6.54 Å². The Hall–Kier alpha value is -2.31. The highest BCUT2D eigenvalue weighted by Gasteiger charge is 2.31. The second-order valence-electron chi connectivity index (χ2n) is 8.20. The predicted molar refractivity (Wildman–Crippen MR) is 114 cm³/mol. The third-order valence-electron chi connectivity index (χ3n) is 6.18. The van der Waals surface area contributed by atoms with Gasteiger partial charge < -0.3 is 19.5 Å². The molecule has 6 heteroatoms. The van der Waals surface area contributed by atoms with Crippen LogP contribution in [0.1, 0.15) is 42.7 Å². The van der Waals surface area contributed by atoms with E-state index in [-0.39, 0.29) is 18.1 Å². The summed E-state index contributed by atoms with van der Waals surface area (Å²) in [6.07, 6.45) is 5.42. The van der Waals surface area contributed by atoms with Gasteiger partial charge in [-0.2, -0.15) is 0 Å². The monoisotopic (exact) mass is 396 g/mol. The molecule has 2 aliphatic heterocycles. The van der Waals surface area contributed by atoms with Gasteiger partial charge >= 0.3 is 6.03 Å². The second kappa shape index (κ2) is 9.46. The van der Waals surface area contributed by atoms with Crippen molar-refractivity contribution in [2.45, 2.75) is 31.3 Å². The number of carbonyl (C=O) groups is 1. The number of benzene rings is 1. The average molecular weight is 397 g/mol. The van der Waals surface area contributed by atoms with Gasteiger partial charge in [0.1, 0.15) is 5.76 Å². The summed E-state index contributed by atoms with van der Waals surface area (Å²) in [4.78, 5) is 19.9. The molecule has 1 aromatic carbocycles. The van der Waals surface area contributed by atoms with Gasteiger partial charge in [-0.05, 0) is 50.7 Å². The first kappa shape index (κ1) is 20.0. The van der Waals surface area contributed by atoms with Crippen molar-refractivity contribution in [2.75, 3.05) is 46.3 Å². The summed E-state index contributed by atoms with van der Waals surface area (Å²) in [6, 6.07) is 14.5. The van der Waals surface area contributed by atoms with Crippen LogP contribution in [0, 0.1) is 0 Å². The van der Waals surface area contributed by atoms with Crippen LogP contribution in [0.2, 0.25) is 0 Å². The SMILES string of the molecule is CN1CCN(C(=O)NCC(c2ccco2)N2CCCCC2)C(c2ccccc2)C1. The van der Waals surface area contributed by atoms with Crippen molar-refractivity contribution in [3.8, 4) is 0 Å². The predicted octanol–water partition coefficient (Wildman–Crippen LogP) is 3.50. The topological polar surface area (TPSA) is 52.0 Å². The number of carbonyl (C=O) groups excluding carboxylic acids is 1. The van der Waals surface area contributed by atoms with Crippen molar-refractivity contribution in [3.63, 3.8) is 0 Å². The molecule has 4 rings (SSSR count). The number of rotatable bonds is 5. The van der Waals surface area contributed by atoms with Gasteiger partial charge in [-0.25, -0.2) is 4.79 Å². The summed E-state index contributed by atoms with van der Waals surface area (Å²) in [6.45, 7) is 5.16. The smallest absolute Gasteiger partial charge is 0.318 e. The Morgan fingerprint density at radius 2 is 1.86 bits per heavy atom. The number of piperidine rings is 1. The van der Waals surface area contributed by atoms with E-state index in [1.54, 1.807) is 6.26 Å². The minimum absolute atomic E-state index is 0.0144. The Labute approximate surface area is 173 Å². The highest BCUT2D eigenvalue weighted by atomic mass is 16.3. The van der Waals surface area contributed by atoms with Crippen LogP contribution >= 0.6 is 0 Å². The van der Waals surface area contributed by atoms with Gasteiger partial charge in [-0.3, -0.25) is 4.90 Å². The summed E-state index contributed by atoms with van der Waals surface area (Å²) in [7, 11) is 2.12. The van der Waals surface area contributed by atoms with E-state index in [1.807, 2.05) is 35.2 Å². The standard InChI is InChI=1S/C23H32N4O2/c1-25-14-15-27(21(18-25)19-9-4-2-5-10-19)23(28)24-17-20(22-11-8-16-29-22)26-12-6-3-7-13-26/h2,4-5,8-11,16,20-21H,3,6-7,12-15,17-18H2,1H3,(H,24,28). The van der Waals surface area contributed by atoms with E-state index < -0.39 is 0 Å². The fraction of sp³-hybridized carbons (Fsp3) is 0.522. The van der Waals surface area contributed by atoms with Gasteiger partial charge in [0, 0.05) is 26.2 Å². The number of nitrogens with zero attached hydrogens (tertiary/aromatic N) is 3. The number of likely N-dealkylation sites (tertiary alicyclic amines) is 1. The first-order valence-corrected chi connectivity index (χ1v) is 10.8. The van der Waals surface area contributed by atoms with E-state index in [1.165, 1.54) is 24.8 Å². The fourth-order valence-electron chi connectivity index (χ4n) is 4.53. The van der Waals surface area contributed by atoms with Gasteiger partial charge in [-0.1, -0.05) is 36.8 Å². The van der Waals surface area contributed by atoms with Crippen molar-refractivity contribution in [1.29, 1.82) is 0 Å².